The average molecular weight is 422 g/mol. The van der Waals surface area contributed by atoms with Crippen LogP contribution in [0.15, 0.2) is 85.1 Å². The van der Waals surface area contributed by atoms with Crippen molar-refractivity contribution in [2.75, 3.05) is 25.0 Å². The number of aliphatic hydroxyl groups excluding tert-OH is 1. The van der Waals surface area contributed by atoms with Gasteiger partial charge in [-0.05, 0) is 36.6 Å². The highest BCUT2D eigenvalue weighted by molar-refractivity contribution is 5.92. The molecule has 0 radical (unpaired) electrons. The number of pyridine rings is 1. The van der Waals surface area contributed by atoms with Gasteiger partial charge in [0.1, 0.15) is 5.69 Å². The molecule has 2 aromatic rings. The van der Waals surface area contributed by atoms with Crippen LogP contribution in [0.25, 0.3) is 0 Å². The number of aliphatic hydroxyl groups is 1. The highest BCUT2D eigenvalue weighted by atomic mass is 16.3. The van der Waals surface area contributed by atoms with Gasteiger partial charge in [-0.1, -0.05) is 74.6 Å². The van der Waals surface area contributed by atoms with Gasteiger partial charge in [0.2, 0.25) is 0 Å². The second-order valence-corrected chi connectivity index (χ2v) is 6.97. The predicted octanol–water partition coefficient (Wildman–Crippen LogP) is 4.92. The molecule has 0 bridgehead atoms. The van der Waals surface area contributed by atoms with E-state index in [4.69, 9.17) is 5.11 Å². The Morgan fingerprint density at radius 3 is 2.48 bits per heavy atom. The summed E-state index contributed by atoms with van der Waals surface area (Å²) in [4.78, 5) is 18.5. The number of allylic oxidation sites excluding steroid dienone is 3. The molecule has 1 heterocycles. The normalized spacial score (nSPS) is 10.9. The molecule has 0 saturated carbocycles. The topological polar surface area (TPSA) is 65.5 Å². The summed E-state index contributed by atoms with van der Waals surface area (Å²) in [5.74, 6) is -0.180. The summed E-state index contributed by atoms with van der Waals surface area (Å²) in [5, 5.41) is 11.4. The van der Waals surface area contributed by atoms with Crippen molar-refractivity contribution in [3.63, 3.8) is 0 Å². The summed E-state index contributed by atoms with van der Waals surface area (Å²) in [5.41, 5.74) is 3.36. The Hall–Kier alpha value is -3.18. The van der Waals surface area contributed by atoms with Crippen LogP contribution < -0.4 is 10.2 Å². The molecule has 1 aromatic heterocycles. The molecule has 2 rings (SSSR count). The van der Waals surface area contributed by atoms with Crippen molar-refractivity contribution in [3.05, 3.63) is 96.4 Å². The van der Waals surface area contributed by atoms with E-state index in [2.05, 4.69) is 28.7 Å². The first-order valence-corrected chi connectivity index (χ1v) is 10.6. The maximum atomic E-state index is 12.1. The lowest BCUT2D eigenvalue weighted by Gasteiger charge is -2.18. The van der Waals surface area contributed by atoms with Gasteiger partial charge in [0.15, 0.2) is 0 Å². The maximum Gasteiger partial charge on any atom is 0.270 e. The third-order valence-electron chi connectivity index (χ3n) is 4.51. The number of amides is 1. The number of nitrogens with one attached hydrogen (secondary N) is 1. The predicted molar refractivity (Wildman–Crippen MR) is 130 cm³/mol. The zero-order valence-corrected chi connectivity index (χ0v) is 18.9. The van der Waals surface area contributed by atoms with Crippen molar-refractivity contribution in [2.45, 2.75) is 33.3 Å². The third kappa shape index (κ3) is 10.4. The quantitative estimate of drug-likeness (QED) is 0.535. The number of carbonyl (C=O) groups excluding carboxylic acids is 1. The zero-order chi connectivity index (χ0) is 22.9. The van der Waals surface area contributed by atoms with Gasteiger partial charge in [0.25, 0.3) is 5.91 Å². The molecule has 1 aromatic carbocycles. The molecule has 0 atom stereocenters. The molecule has 0 aliphatic rings. The largest absolute Gasteiger partial charge is 0.392 e. The van der Waals surface area contributed by atoms with Crippen LogP contribution in [0.3, 0.4) is 0 Å². The number of aromatic nitrogens is 1. The minimum absolute atomic E-state index is 0.140. The lowest BCUT2D eigenvalue weighted by molar-refractivity contribution is 0.0952. The Kier molecular flexibility index (Phi) is 13.0. The molecular formula is C26H35N3O2. The monoisotopic (exact) mass is 421 g/mol. The minimum Gasteiger partial charge on any atom is -0.392 e. The van der Waals surface area contributed by atoms with Crippen molar-refractivity contribution in [1.29, 1.82) is 0 Å². The molecule has 5 heteroatoms. The fraction of sp³-hybridized carbons (Fsp3) is 0.308. The molecule has 0 aliphatic heterocycles. The van der Waals surface area contributed by atoms with Crippen molar-refractivity contribution in [3.8, 4) is 0 Å². The molecule has 31 heavy (non-hydrogen) atoms. The Morgan fingerprint density at radius 2 is 1.97 bits per heavy atom. The fourth-order valence-electron chi connectivity index (χ4n) is 2.55. The number of carbonyl (C=O) groups is 1. The Balaban J connectivity index is 0.000000500. The molecule has 0 saturated heterocycles. The highest BCUT2D eigenvalue weighted by Crippen LogP contribution is 2.12. The van der Waals surface area contributed by atoms with Crippen molar-refractivity contribution in [1.82, 2.24) is 10.3 Å². The van der Waals surface area contributed by atoms with Gasteiger partial charge < -0.3 is 15.3 Å². The number of benzene rings is 1. The van der Waals surface area contributed by atoms with Gasteiger partial charge in [-0.2, -0.15) is 0 Å². The van der Waals surface area contributed by atoms with Gasteiger partial charge in [0.05, 0.1) is 18.5 Å². The summed E-state index contributed by atoms with van der Waals surface area (Å²) >= 11 is 0. The third-order valence-corrected chi connectivity index (χ3v) is 4.51. The molecule has 0 fully saturated rings. The van der Waals surface area contributed by atoms with E-state index in [0.29, 0.717) is 12.2 Å². The second kappa shape index (κ2) is 15.6. The minimum atomic E-state index is -0.180. The summed E-state index contributed by atoms with van der Waals surface area (Å²) < 4.78 is 0. The molecule has 5 nitrogen and oxygen atoms in total. The molecule has 2 N–H and O–H groups in total. The summed E-state index contributed by atoms with van der Waals surface area (Å²) in [7, 11) is 2.04. The lowest BCUT2D eigenvalue weighted by atomic mass is 10.2. The number of nitrogens with zero attached hydrogens (tertiary/aromatic N) is 2. The number of hydrogen-bond acceptors (Lipinski definition) is 4. The number of hydrogen-bond donors (Lipinski definition) is 2. The van der Waals surface area contributed by atoms with Gasteiger partial charge in [-0.25, -0.2) is 4.98 Å². The van der Waals surface area contributed by atoms with E-state index < -0.39 is 0 Å². The average Bonchev–Trinajstić information content (AvgIpc) is 2.83. The Morgan fingerprint density at radius 1 is 1.23 bits per heavy atom. The SMILES string of the molecule is C=C/C(=C\C=C/C)CNC(=O)c1ccc(N(C)CCCC)cn1.OCc1ccccc1. The van der Waals surface area contributed by atoms with E-state index in [0.717, 1.165) is 36.2 Å². The van der Waals surface area contributed by atoms with Crippen molar-refractivity contribution >= 4 is 11.6 Å². The highest BCUT2D eigenvalue weighted by Gasteiger charge is 2.08. The summed E-state index contributed by atoms with van der Waals surface area (Å²) in [6.07, 6.45) is 11.6. The lowest BCUT2D eigenvalue weighted by Crippen LogP contribution is -2.26. The van der Waals surface area contributed by atoms with Crippen molar-refractivity contribution < 1.29 is 9.90 Å². The first-order chi connectivity index (χ1) is 15.0. The van der Waals surface area contributed by atoms with E-state index in [1.165, 1.54) is 0 Å². The standard InChI is InChI=1S/C19H27N3O.C7H8O/c1-5-8-10-16(7-3)14-21-19(23)18-12-11-17(15-20-18)22(4)13-9-6-2;8-6-7-4-2-1-3-5-7/h5,7-8,10-12,15H,3,6,9,13-14H2,1-2,4H3,(H,21,23);1-5,8H,6H2/b8-5-,16-10+;. The van der Waals surface area contributed by atoms with E-state index in [1.807, 2.05) is 68.6 Å². The van der Waals surface area contributed by atoms with E-state index in [-0.39, 0.29) is 12.5 Å². The van der Waals surface area contributed by atoms with Crippen LogP contribution in [0.5, 0.6) is 0 Å². The van der Waals surface area contributed by atoms with E-state index in [9.17, 15) is 4.79 Å². The molecule has 1 amide bonds. The first kappa shape index (κ1) is 25.9. The summed E-state index contributed by atoms with van der Waals surface area (Å²) in [6.45, 7) is 9.42. The van der Waals surface area contributed by atoms with E-state index >= 15 is 0 Å². The number of rotatable bonds is 10. The van der Waals surface area contributed by atoms with Crippen LogP contribution in [-0.4, -0.2) is 36.1 Å². The van der Waals surface area contributed by atoms with Crippen LogP contribution in [0, 0.1) is 0 Å². The van der Waals surface area contributed by atoms with Gasteiger partial charge in [-0.3, -0.25) is 4.79 Å². The Labute approximate surface area is 186 Å². The van der Waals surface area contributed by atoms with Crippen LogP contribution in [-0.2, 0) is 6.61 Å². The number of anilines is 1. The van der Waals surface area contributed by atoms with Gasteiger partial charge in [-0.15, -0.1) is 0 Å². The smallest absolute Gasteiger partial charge is 0.270 e. The molecule has 0 unspecified atom stereocenters. The second-order valence-electron chi connectivity index (χ2n) is 6.97. The van der Waals surface area contributed by atoms with Crippen LogP contribution in [0.4, 0.5) is 5.69 Å². The van der Waals surface area contributed by atoms with Gasteiger partial charge in [0, 0.05) is 20.1 Å². The van der Waals surface area contributed by atoms with Gasteiger partial charge >= 0.3 is 0 Å². The van der Waals surface area contributed by atoms with Crippen LogP contribution >= 0.6 is 0 Å². The van der Waals surface area contributed by atoms with Crippen LogP contribution in [0.2, 0.25) is 0 Å². The zero-order valence-electron chi connectivity index (χ0n) is 18.9. The van der Waals surface area contributed by atoms with Crippen LogP contribution in [0.1, 0.15) is 42.7 Å². The molecule has 0 aliphatic carbocycles. The molecule has 0 spiro atoms. The maximum absolute atomic E-state index is 12.1. The first-order valence-electron chi connectivity index (χ1n) is 10.6. The number of unbranched alkanes of at least 4 members (excludes halogenated alkanes) is 1. The molecule has 166 valence electrons. The van der Waals surface area contributed by atoms with Crippen molar-refractivity contribution in [2.24, 2.45) is 0 Å². The van der Waals surface area contributed by atoms with E-state index in [1.54, 1.807) is 18.3 Å². The molecular weight excluding hydrogens is 386 g/mol. The fourth-order valence-corrected chi connectivity index (χ4v) is 2.55. The summed E-state index contributed by atoms with van der Waals surface area (Å²) in [6, 6.07) is 13.2. The Bertz CT molecular complexity index is 827.